The molecule has 7 aromatic carbocycles. The van der Waals surface area contributed by atoms with Gasteiger partial charge in [-0.1, -0.05) is 84.9 Å². The predicted octanol–water partition coefficient (Wildman–Crippen LogP) is 13.8. The highest BCUT2D eigenvalue weighted by molar-refractivity contribution is 7.28. The molecule has 48 heavy (non-hydrogen) atoms. The highest BCUT2D eigenvalue weighted by atomic mass is 32.1. The number of aromatic nitrogens is 1. The Morgan fingerprint density at radius 2 is 1.02 bits per heavy atom. The van der Waals surface area contributed by atoms with Gasteiger partial charge in [0, 0.05) is 63.0 Å². The van der Waals surface area contributed by atoms with Crippen molar-refractivity contribution in [3.05, 3.63) is 158 Å². The lowest BCUT2D eigenvalue weighted by Crippen LogP contribution is -2.09. The zero-order chi connectivity index (χ0) is 31.6. The standard InChI is InChI=1S/C43H26N2S3/c1-3-9-28(10-4-1)43-44-36-21-24-40-41(42(36)48-43)35-25-29(17-22-39(35)47-40)27-15-18-31(19-16-27)45(30-11-5-2-6-12-30)32-20-23-38-34(26-32)33-13-7-8-14-37(33)46-38/h1-26H. The summed E-state index contributed by atoms with van der Waals surface area (Å²) in [7, 11) is 0. The van der Waals surface area contributed by atoms with E-state index in [4.69, 9.17) is 4.98 Å². The fraction of sp³-hybridized carbons (Fsp3) is 0. The molecule has 0 saturated heterocycles. The van der Waals surface area contributed by atoms with Crippen LogP contribution in [-0.2, 0) is 0 Å². The van der Waals surface area contributed by atoms with Crippen LogP contribution < -0.4 is 4.90 Å². The summed E-state index contributed by atoms with van der Waals surface area (Å²) >= 11 is 5.51. The Morgan fingerprint density at radius 3 is 1.88 bits per heavy atom. The summed E-state index contributed by atoms with van der Waals surface area (Å²) in [5, 5.41) is 6.29. The number of fused-ring (bicyclic) bond motifs is 8. The number of anilines is 3. The van der Waals surface area contributed by atoms with Gasteiger partial charge in [-0.25, -0.2) is 4.98 Å². The second-order valence-corrected chi connectivity index (χ2v) is 15.1. The summed E-state index contributed by atoms with van der Waals surface area (Å²) in [5.74, 6) is 0. The van der Waals surface area contributed by atoms with E-state index in [2.05, 4.69) is 163 Å². The first-order chi connectivity index (χ1) is 23.8. The molecule has 0 amide bonds. The molecule has 3 aromatic heterocycles. The topological polar surface area (TPSA) is 16.1 Å². The Kier molecular flexibility index (Phi) is 6.44. The quantitative estimate of drug-likeness (QED) is 0.182. The molecule has 3 heterocycles. The molecule has 0 bridgehead atoms. The van der Waals surface area contributed by atoms with Crippen molar-refractivity contribution < 1.29 is 0 Å². The van der Waals surface area contributed by atoms with Crippen LogP contribution >= 0.6 is 34.0 Å². The van der Waals surface area contributed by atoms with Crippen LogP contribution in [0.25, 0.3) is 72.3 Å². The third kappa shape index (κ3) is 4.54. The molecule has 10 aromatic rings. The first-order valence-corrected chi connectivity index (χ1v) is 18.4. The Hall–Kier alpha value is -5.33. The average molecular weight is 667 g/mol. The molecule has 0 atom stereocenters. The number of hydrogen-bond donors (Lipinski definition) is 0. The van der Waals surface area contributed by atoms with Gasteiger partial charge in [0.25, 0.3) is 0 Å². The second kappa shape index (κ2) is 11.1. The van der Waals surface area contributed by atoms with Crippen molar-refractivity contribution in [3.8, 4) is 21.7 Å². The molecule has 5 heteroatoms. The van der Waals surface area contributed by atoms with E-state index >= 15 is 0 Å². The Morgan fingerprint density at radius 1 is 0.396 bits per heavy atom. The third-order valence-electron chi connectivity index (χ3n) is 9.10. The Balaban J connectivity index is 1.07. The first kappa shape index (κ1) is 27.8. The molecule has 0 aliphatic rings. The largest absolute Gasteiger partial charge is 0.310 e. The Bertz CT molecular complexity index is 2770. The molecule has 0 N–H and O–H groups in total. The molecule has 0 aliphatic carbocycles. The second-order valence-electron chi connectivity index (χ2n) is 12.0. The molecule has 0 radical (unpaired) electrons. The van der Waals surface area contributed by atoms with Gasteiger partial charge in [-0.05, 0) is 83.9 Å². The van der Waals surface area contributed by atoms with Crippen LogP contribution in [0.5, 0.6) is 0 Å². The van der Waals surface area contributed by atoms with Crippen molar-refractivity contribution in [2.24, 2.45) is 0 Å². The van der Waals surface area contributed by atoms with Gasteiger partial charge in [-0.2, -0.15) is 0 Å². The van der Waals surface area contributed by atoms with E-state index in [0.29, 0.717) is 0 Å². The molecule has 10 rings (SSSR count). The van der Waals surface area contributed by atoms with Crippen LogP contribution in [0.1, 0.15) is 0 Å². The lowest BCUT2D eigenvalue weighted by atomic mass is 10.0. The first-order valence-electron chi connectivity index (χ1n) is 15.9. The van der Waals surface area contributed by atoms with Crippen LogP contribution in [0.2, 0.25) is 0 Å². The van der Waals surface area contributed by atoms with Crippen molar-refractivity contribution in [1.82, 2.24) is 4.98 Å². The van der Waals surface area contributed by atoms with Crippen molar-refractivity contribution >= 4 is 102 Å². The number of hydrogen-bond acceptors (Lipinski definition) is 5. The molecule has 0 aliphatic heterocycles. The number of para-hydroxylation sites is 1. The van der Waals surface area contributed by atoms with Crippen LogP contribution in [0, 0.1) is 0 Å². The molecule has 226 valence electrons. The van der Waals surface area contributed by atoms with E-state index in [1.54, 1.807) is 11.3 Å². The van der Waals surface area contributed by atoms with Gasteiger partial charge in [0.05, 0.1) is 10.2 Å². The monoisotopic (exact) mass is 666 g/mol. The minimum Gasteiger partial charge on any atom is -0.310 e. The lowest BCUT2D eigenvalue weighted by Gasteiger charge is -2.26. The number of nitrogens with zero attached hydrogens (tertiary/aromatic N) is 2. The number of thiazole rings is 1. The summed E-state index contributed by atoms with van der Waals surface area (Å²) < 4.78 is 6.51. The fourth-order valence-electron chi connectivity index (χ4n) is 6.81. The summed E-state index contributed by atoms with van der Waals surface area (Å²) in [6.07, 6.45) is 0. The third-order valence-corrected chi connectivity index (χ3v) is 12.5. The molecule has 0 fully saturated rings. The van der Waals surface area contributed by atoms with Crippen molar-refractivity contribution in [3.63, 3.8) is 0 Å². The number of rotatable bonds is 5. The van der Waals surface area contributed by atoms with Gasteiger partial charge < -0.3 is 4.90 Å². The van der Waals surface area contributed by atoms with E-state index in [1.165, 1.54) is 61.7 Å². The van der Waals surface area contributed by atoms with Gasteiger partial charge in [0.2, 0.25) is 0 Å². The van der Waals surface area contributed by atoms with Gasteiger partial charge in [0.15, 0.2) is 0 Å². The van der Waals surface area contributed by atoms with Gasteiger partial charge in [-0.3, -0.25) is 0 Å². The molecular weight excluding hydrogens is 641 g/mol. The number of thiophene rings is 2. The van der Waals surface area contributed by atoms with Crippen molar-refractivity contribution in [2.45, 2.75) is 0 Å². The van der Waals surface area contributed by atoms with Crippen molar-refractivity contribution in [1.29, 1.82) is 0 Å². The van der Waals surface area contributed by atoms with Gasteiger partial charge >= 0.3 is 0 Å². The number of benzene rings is 7. The van der Waals surface area contributed by atoms with E-state index in [1.807, 2.05) is 22.7 Å². The normalized spacial score (nSPS) is 11.8. The predicted molar refractivity (Wildman–Crippen MR) is 211 cm³/mol. The molecule has 0 unspecified atom stereocenters. The zero-order valence-electron chi connectivity index (χ0n) is 25.6. The van der Waals surface area contributed by atoms with Crippen LogP contribution in [0.3, 0.4) is 0 Å². The molecule has 0 saturated carbocycles. The van der Waals surface area contributed by atoms with E-state index < -0.39 is 0 Å². The molecular formula is C43H26N2S3. The summed E-state index contributed by atoms with van der Waals surface area (Å²) in [4.78, 5) is 7.38. The van der Waals surface area contributed by atoms with Gasteiger partial charge in [0.1, 0.15) is 5.01 Å². The zero-order valence-corrected chi connectivity index (χ0v) is 28.1. The smallest absolute Gasteiger partial charge is 0.124 e. The Labute approximate surface area is 289 Å². The van der Waals surface area contributed by atoms with Crippen LogP contribution in [0.15, 0.2) is 158 Å². The van der Waals surface area contributed by atoms with Crippen LogP contribution in [-0.4, -0.2) is 4.98 Å². The molecule has 2 nitrogen and oxygen atoms in total. The molecule has 0 spiro atoms. The minimum absolute atomic E-state index is 1.07. The van der Waals surface area contributed by atoms with Gasteiger partial charge in [-0.15, -0.1) is 34.0 Å². The summed E-state index contributed by atoms with van der Waals surface area (Å²) in [6, 6.07) is 57.1. The van der Waals surface area contributed by atoms with E-state index in [9.17, 15) is 0 Å². The van der Waals surface area contributed by atoms with E-state index in [0.717, 1.165) is 27.6 Å². The fourth-order valence-corrected chi connectivity index (χ4v) is 10.2. The average Bonchev–Trinajstić information content (AvgIpc) is 3.86. The maximum atomic E-state index is 5.02. The minimum atomic E-state index is 1.07. The van der Waals surface area contributed by atoms with E-state index in [-0.39, 0.29) is 0 Å². The maximum Gasteiger partial charge on any atom is 0.124 e. The highest BCUT2D eigenvalue weighted by Crippen LogP contribution is 2.44. The van der Waals surface area contributed by atoms with Crippen molar-refractivity contribution in [2.75, 3.05) is 4.90 Å². The SMILES string of the molecule is c1ccc(-c2nc3ccc4sc5ccc(-c6ccc(N(c7ccccc7)c7ccc8sc9ccccc9c8c7)cc6)cc5c4c3s2)cc1. The summed E-state index contributed by atoms with van der Waals surface area (Å²) in [5.41, 5.74) is 8.07. The highest BCUT2D eigenvalue weighted by Gasteiger charge is 2.17. The lowest BCUT2D eigenvalue weighted by molar-refractivity contribution is 1.29. The van der Waals surface area contributed by atoms with Crippen LogP contribution in [0.4, 0.5) is 17.1 Å². The maximum absolute atomic E-state index is 5.02. The summed E-state index contributed by atoms with van der Waals surface area (Å²) in [6.45, 7) is 0.